The summed E-state index contributed by atoms with van der Waals surface area (Å²) in [5.41, 5.74) is 6.72. The highest BCUT2D eigenvalue weighted by molar-refractivity contribution is 5.30. The second kappa shape index (κ2) is 5.78. The molecule has 1 aromatic rings. The van der Waals surface area contributed by atoms with Gasteiger partial charge in [-0.3, -0.25) is 0 Å². The molecule has 2 N–H and O–H groups in total. The molecule has 0 saturated heterocycles. The normalized spacial score (nSPS) is 20.1. The molecule has 0 spiro atoms. The van der Waals surface area contributed by atoms with Crippen LogP contribution in [0, 0.1) is 18.6 Å². The topological polar surface area (TPSA) is 29.3 Å². The minimum Gasteiger partial charge on any atom is -0.322 e. The Labute approximate surface area is 120 Å². The molecule has 0 radical (unpaired) electrons. The van der Waals surface area contributed by atoms with Gasteiger partial charge < -0.3 is 10.6 Å². The molecule has 2 nitrogen and oxygen atoms in total. The van der Waals surface area contributed by atoms with Crippen LogP contribution in [0.4, 0.5) is 8.78 Å². The number of aryl methyl sites for hydroxylation is 1. The zero-order chi connectivity index (χ0) is 14.9. The summed E-state index contributed by atoms with van der Waals surface area (Å²) in [6.45, 7) is 1.57. The van der Waals surface area contributed by atoms with Crippen LogP contribution in [-0.2, 0) is 0 Å². The van der Waals surface area contributed by atoms with Crippen LogP contribution in [0.5, 0.6) is 0 Å². The highest BCUT2D eigenvalue weighted by Crippen LogP contribution is 2.41. The first-order chi connectivity index (χ1) is 9.40. The van der Waals surface area contributed by atoms with Crippen molar-refractivity contribution < 1.29 is 8.78 Å². The fourth-order valence-electron chi connectivity index (χ4n) is 3.39. The lowest BCUT2D eigenvalue weighted by atomic mass is 9.73. The van der Waals surface area contributed by atoms with Gasteiger partial charge in [-0.2, -0.15) is 0 Å². The SMILES string of the molecule is Cc1ccc(C(N)C2(N(C)C)CCCCC2)c(F)c1F. The van der Waals surface area contributed by atoms with Crippen molar-refractivity contribution in [3.63, 3.8) is 0 Å². The summed E-state index contributed by atoms with van der Waals surface area (Å²) in [4.78, 5) is 2.09. The van der Waals surface area contributed by atoms with Crippen LogP contribution in [0.25, 0.3) is 0 Å². The molecule has 1 fully saturated rings. The van der Waals surface area contributed by atoms with E-state index in [1.807, 2.05) is 14.1 Å². The van der Waals surface area contributed by atoms with E-state index in [9.17, 15) is 8.78 Å². The van der Waals surface area contributed by atoms with Crippen LogP contribution in [0.3, 0.4) is 0 Å². The molecule has 0 aromatic heterocycles. The maximum atomic E-state index is 14.2. The third-order valence-corrected chi connectivity index (χ3v) is 4.83. The van der Waals surface area contributed by atoms with Gasteiger partial charge in [0.1, 0.15) is 0 Å². The van der Waals surface area contributed by atoms with Gasteiger partial charge in [0, 0.05) is 11.1 Å². The predicted molar refractivity (Wildman–Crippen MR) is 77.5 cm³/mol. The molecular formula is C16H24F2N2. The highest BCUT2D eigenvalue weighted by atomic mass is 19.2. The Kier molecular flexibility index (Phi) is 4.45. The summed E-state index contributed by atoms with van der Waals surface area (Å²) in [5, 5.41) is 0. The van der Waals surface area contributed by atoms with Crippen molar-refractivity contribution >= 4 is 0 Å². The molecule has 4 heteroatoms. The summed E-state index contributed by atoms with van der Waals surface area (Å²) < 4.78 is 28.0. The molecule has 112 valence electrons. The molecule has 1 aromatic carbocycles. The van der Waals surface area contributed by atoms with E-state index in [2.05, 4.69) is 4.90 Å². The van der Waals surface area contributed by atoms with Gasteiger partial charge in [0.2, 0.25) is 0 Å². The van der Waals surface area contributed by atoms with Gasteiger partial charge in [0.25, 0.3) is 0 Å². The number of rotatable bonds is 3. The third-order valence-electron chi connectivity index (χ3n) is 4.83. The Hall–Kier alpha value is -1.00. The van der Waals surface area contributed by atoms with E-state index >= 15 is 0 Å². The number of benzene rings is 1. The standard InChI is InChI=1S/C16H24F2N2/c1-11-7-8-12(14(18)13(11)17)15(19)16(20(2)3)9-5-4-6-10-16/h7-8,15H,4-6,9-10,19H2,1-3H3. The maximum Gasteiger partial charge on any atom is 0.163 e. The molecule has 20 heavy (non-hydrogen) atoms. The molecule has 0 bridgehead atoms. The van der Waals surface area contributed by atoms with Crippen LogP contribution < -0.4 is 5.73 Å². The lowest BCUT2D eigenvalue weighted by Gasteiger charge is -2.47. The Morgan fingerprint density at radius 3 is 2.25 bits per heavy atom. The van der Waals surface area contributed by atoms with Crippen LogP contribution >= 0.6 is 0 Å². The largest absolute Gasteiger partial charge is 0.322 e. The number of nitrogens with zero attached hydrogens (tertiary/aromatic N) is 1. The van der Waals surface area contributed by atoms with Gasteiger partial charge >= 0.3 is 0 Å². The van der Waals surface area contributed by atoms with E-state index in [4.69, 9.17) is 5.73 Å². The van der Waals surface area contributed by atoms with Crippen molar-refractivity contribution in [2.45, 2.75) is 50.6 Å². The Balaban J connectivity index is 2.42. The van der Waals surface area contributed by atoms with Crippen molar-refractivity contribution in [2.75, 3.05) is 14.1 Å². The quantitative estimate of drug-likeness (QED) is 0.919. The second-order valence-corrected chi connectivity index (χ2v) is 6.14. The number of hydrogen-bond donors (Lipinski definition) is 1. The van der Waals surface area contributed by atoms with E-state index < -0.39 is 17.7 Å². The Bertz CT molecular complexity index is 480. The molecule has 0 heterocycles. The Morgan fingerprint density at radius 1 is 1.10 bits per heavy atom. The number of halogens is 2. The average Bonchev–Trinajstić information content (AvgIpc) is 2.45. The monoisotopic (exact) mass is 282 g/mol. The summed E-state index contributed by atoms with van der Waals surface area (Å²) in [6.07, 6.45) is 5.21. The summed E-state index contributed by atoms with van der Waals surface area (Å²) in [6, 6.07) is 2.74. The third kappa shape index (κ3) is 2.47. The van der Waals surface area contributed by atoms with Crippen molar-refractivity contribution in [1.82, 2.24) is 4.90 Å². The first-order valence-electron chi connectivity index (χ1n) is 7.27. The Morgan fingerprint density at radius 2 is 1.70 bits per heavy atom. The van der Waals surface area contributed by atoms with Gasteiger partial charge in [-0.1, -0.05) is 31.4 Å². The lowest BCUT2D eigenvalue weighted by Crippen LogP contribution is -2.53. The van der Waals surface area contributed by atoms with Crippen molar-refractivity contribution in [3.8, 4) is 0 Å². The lowest BCUT2D eigenvalue weighted by molar-refractivity contribution is 0.0698. The van der Waals surface area contributed by atoms with Crippen molar-refractivity contribution in [3.05, 3.63) is 34.9 Å². The molecule has 1 unspecified atom stereocenters. The maximum absolute atomic E-state index is 14.2. The first-order valence-corrected chi connectivity index (χ1v) is 7.27. The molecule has 1 aliphatic rings. The smallest absolute Gasteiger partial charge is 0.163 e. The number of likely N-dealkylation sites (N-methyl/N-ethyl adjacent to an activating group) is 1. The van der Waals surface area contributed by atoms with Gasteiger partial charge in [-0.15, -0.1) is 0 Å². The van der Waals surface area contributed by atoms with E-state index in [-0.39, 0.29) is 5.54 Å². The van der Waals surface area contributed by atoms with Crippen molar-refractivity contribution in [2.24, 2.45) is 5.73 Å². The van der Waals surface area contributed by atoms with E-state index in [0.717, 1.165) is 25.7 Å². The van der Waals surface area contributed by atoms with Gasteiger partial charge in [-0.05, 0) is 39.4 Å². The van der Waals surface area contributed by atoms with E-state index in [1.165, 1.54) is 6.42 Å². The van der Waals surface area contributed by atoms with Crippen LogP contribution in [0.2, 0.25) is 0 Å². The number of hydrogen-bond acceptors (Lipinski definition) is 2. The summed E-state index contributed by atoms with van der Waals surface area (Å²) in [5.74, 6) is -1.56. The van der Waals surface area contributed by atoms with Gasteiger partial charge in [-0.25, -0.2) is 8.78 Å². The number of nitrogens with two attached hydrogens (primary N) is 1. The van der Waals surface area contributed by atoms with Gasteiger partial charge in [0.15, 0.2) is 11.6 Å². The van der Waals surface area contributed by atoms with Crippen LogP contribution in [-0.4, -0.2) is 24.5 Å². The first kappa shape index (κ1) is 15.4. The zero-order valence-electron chi connectivity index (χ0n) is 12.5. The molecule has 2 rings (SSSR count). The molecule has 1 aliphatic carbocycles. The molecular weight excluding hydrogens is 258 g/mol. The summed E-state index contributed by atoms with van der Waals surface area (Å²) >= 11 is 0. The van der Waals surface area contributed by atoms with E-state index in [0.29, 0.717) is 11.1 Å². The van der Waals surface area contributed by atoms with Gasteiger partial charge in [0.05, 0.1) is 6.04 Å². The second-order valence-electron chi connectivity index (χ2n) is 6.14. The molecule has 0 aliphatic heterocycles. The fourth-order valence-corrected chi connectivity index (χ4v) is 3.39. The summed E-state index contributed by atoms with van der Waals surface area (Å²) in [7, 11) is 3.96. The highest BCUT2D eigenvalue weighted by Gasteiger charge is 2.41. The molecule has 1 saturated carbocycles. The molecule has 0 amide bonds. The average molecular weight is 282 g/mol. The predicted octanol–water partition coefficient (Wildman–Crippen LogP) is 3.54. The van der Waals surface area contributed by atoms with Crippen LogP contribution in [0.15, 0.2) is 12.1 Å². The zero-order valence-corrected chi connectivity index (χ0v) is 12.5. The molecule has 1 atom stereocenters. The van der Waals surface area contributed by atoms with E-state index in [1.54, 1.807) is 19.1 Å². The minimum absolute atomic E-state index is 0.277. The minimum atomic E-state index is -0.788. The fraction of sp³-hybridized carbons (Fsp3) is 0.625. The van der Waals surface area contributed by atoms with Crippen molar-refractivity contribution in [1.29, 1.82) is 0 Å². The van der Waals surface area contributed by atoms with Crippen LogP contribution in [0.1, 0.15) is 49.3 Å².